The van der Waals surface area contributed by atoms with Gasteiger partial charge in [0.05, 0.1) is 4.47 Å². The molecular formula is C11H10BrFO3. The van der Waals surface area contributed by atoms with Gasteiger partial charge in [0, 0.05) is 12.1 Å². The largest absolute Gasteiger partial charge is 0.489 e. The number of benzene rings is 1. The van der Waals surface area contributed by atoms with Crippen LogP contribution in [-0.4, -0.2) is 17.7 Å². The van der Waals surface area contributed by atoms with Gasteiger partial charge in [-0.25, -0.2) is 9.18 Å². The molecular weight excluding hydrogens is 279 g/mol. The molecule has 0 aliphatic carbocycles. The van der Waals surface area contributed by atoms with Crippen molar-refractivity contribution in [1.82, 2.24) is 0 Å². The van der Waals surface area contributed by atoms with E-state index >= 15 is 0 Å². The van der Waals surface area contributed by atoms with Crippen molar-refractivity contribution < 1.29 is 19.0 Å². The maximum Gasteiger partial charge on any atom is 0.328 e. The highest BCUT2D eigenvalue weighted by molar-refractivity contribution is 9.10. The molecule has 1 N–H and O–H groups in total. The summed E-state index contributed by atoms with van der Waals surface area (Å²) >= 11 is 3.02. The quantitative estimate of drug-likeness (QED) is 0.867. The minimum absolute atomic E-state index is 0.118. The number of carboxylic acid groups (broad SMARTS) is 1. The lowest BCUT2D eigenvalue weighted by molar-refractivity contribution is -0.131. The van der Waals surface area contributed by atoms with Crippen LogP contribution in [0.3, 0.4) is 0 Å². The van der Waals surface area contributed by atoms with E-state index in [2.05, 4.69) is 15.9 Å². The Bertz CT molecular complexity index is 429. The van der Waals surface area contributed by atoms with Crippen LogP contribution in [0.4, 0.5) is 4.39 Å². The van der Waals surface area contributed by atoms with E-state index in [-0.39, 0.29) is 6.61 Å². The van der Waals surface area contributed by atoms with Gasteiger partial charge in [-0.1, -0.05) is 0 Å². The molecule has 1 aromatic carbocycles. The zero-order valence-electron chi connectivity index (χ0n) is 8.54. The first kappa shape index (κ1) is 12.7. The third-order valence-corrected chi connectivity index (χ3v) is 2.37. The maximum atomic E-state index is 13.1. The molecule has 0 bridgehead atoms. The van der Waals surface area contributed by atoms with Crippen LogP contribution in [0.15, 0.2) is 34.3 Å². The number of hydrogen-bond donors (Lipinski definition) is 1. The number of hydrogen-bond acceptors (Lipinski definition) is 2. The molecule has 16 heavy (non-hydrogen) atoms. The molecule has 0 aliphatic rings. The fourth-order valence-corrected chi connectivity index (χ4v) is 1.26. The van der Waals surface area contributed by atoms with Gasteiger partial charge in [0.25, 0.3) is 0 Å². The lowest BCUT2D eigenvalue weighted by Crippen LogP contribution is -2.01. The van der Waals surface area contributed by atoms with Gasteiger partial charge in [-0.15, -0.1) is 0 Å². The van der Waals surface area contributed by atoms with Crippen LogP contribution in [0.25, 0.3) is 0 Å². The molecule has 0 saturated heterocycles. The Morgan fingerprint density at radius 1 is 1.62 bits per heavy atom. The van der Waals surface area contributed by atoms with Gasteiger partial charge < -0.3 is 9.84 Å². The molecule has 0 atom stereocenters. The highest BCUT2D eigenvalue weighted by Crippen LogP contribution is 2.21. The van der Waals surface area contributed by atoms with E-state index in [1.165, 1.54) is 12.1 Å². The third-order valence-electron chi connectivity index (χ3n) is 1.73. The van der Waals surface area contributed by atoms with Crippen LogP contribution in [0, 0.1) is 5.82 Å². The first-order valence-electron chi connectivity index (χ1n) is 4.47. The molecule has 5 heteroatoms. The summed E-state index contributed by atoms with van der Waals surface area (Å²) in [4.78, 5) is 10.3. The molecule has 0 aromatic heterocycles. The van der Waals surface area contributed by atoms with Crippen LogP contribution in [0.1, 0.15) is 6.92 Å². The van der Waals surface area contributed by atoms with Crippen molar-refractivity contribution in [3.63, 3.8) is 0 Å². The third kappa shape index (κ3) is 4.02. The van der Waals surface area contributed by atoms with Crippen molar-refractivity contribution in [1.29, 1.82) is 0 Å². The number of ether oxygens (including phenoxy) is 1. The van der Waals surface area contributed by atoms with Crippen molar-refractivity contribution in [2.75, 3.05) is 6.61 Å². The van der Waals surface area contributed by atoms with Crippen LogP contribution in [0.5, 0.6) is 5.75 Å². The Balaban J connectivity index is 2.61. The van der Waals surface area contributed by atoms with Gasteiger partial charge in [-0.3, -0.25) is 0 Å². The number of carbonyl (C=O) groups is 1. The summed E-state index contributed by atoms with van der Waals surface area (Å²) < 4.78 is 18.6. The lowest BCUT2D eigenvalue weighted by Gasteiger charge is -2.06. The maximum absolute atomic E-state index is 13.1. The van der Waals surface area contributed by atoms with Gasteiger partial charge in [-0.05, 0) is 40.6 Å². The van der Waals surface area contributed by atoms with Gasteiger partial charge in [0.15, 0.2) is 0 Å². The second-order valence-electron chi connectivity index (χ2n) is 3.19. The summed E-state index contributed by atoms with van der Waals surface area (Å²) in [6.07, 6.45) is 1.05. The Labute approximate surface area is 101 Å². The SMILES string of the molecule is CC(=CC(=O)O)COc1ccc(Br)c(F)c1. The normalized spacial score (nSPS) is 11.3. The second kappa shape index (κ2) is 5.65. The Morgan fingerprint density at radius 3 is 2.88 bits per heavy atom. The Kier molecular flexibility index (Phi) is 4.49. The summed E-state index contributed by atoms with van der Waals surface area (Å²) in [5.74, 6) is -1.08. The number of carboxylic acids is 1. The van der Waals surface area contributed by atoms with E-state index in [1.807, 2.05) is 0 Å². The molecule has 0 spiro atoms. The number of halogens is 2. The summed E-state index contributed by atoms with van der Waals surface area (Å²) in [5.41, 5.74) is 0.552. The summed E-state index contributed by atoms with van der Waals surface area (Å²) in [6.45, 7) is 1.75. The monoisotopic (exact) mass is 288 g/mol. The summed E-state index contributed by atoms with van der Waals surface area (Å²) in [6, 6.07) is 4.36. The molecule has 3 nitrogen and oxygen atoms in total. The van der Waals surface area contributed by atoms with E-state index in [1.54, 1.807) is 13.0 Å². The zero-order valence-corrected chi connectivity index (χ0v) is 10.1. The summed E-state index contributed by atoms with van der Waals surface area (Å²) in [5, 5.41) is 8.46. The van der Waals surface area contributed by atoms with Gasteiger partial charge in [0.2, 0.25) is 0 Å². The number of aliphatic carboxylic acids is 1. The van der Waals surface area contributed by atoms with Gasteiger partial charge >= 0.3 is 5.97 Å². The van der Waals surface area contributed by atoms with Crippen LogP contribution in [0.2, 0.25) is 0 Å². The molecule has 0 aliphatic heterocycles. The second-order valence-corrected chi connectivity index (χ2v) is 4.05. The number of rotatable bonds is 4. The molecule has 0 unspecified atom stereocenters. The highest BCUT2D eigenvalue weighted by atomic mass is 79.9. The van der Waals surface area contributed by atoms with E-state index in [9.17, 15) is 9.18 Å². The predicted molar refractivity (Wildman–Crippen MR) is 61.0 cm³/mol. The molecule has 1 aromatic rings. The standard InChI is InChI=1S/C11H10BrFO3/c1-7(4-11(14)15)6-16-8-2-3-9(12)10(13)5-8/h2-5H,6H2,1H3,(H,14,15). The first-order chi connectivity index (χ1) is 7.49. The zero-order chi connectivity index (χ0) is 12.1. The molecule has 0 radical (unpaired) electrons. The van der Waals surface area contributed by atoms with Crippen molar-refractivity contribution in [3.8, 4) is 5.75 Å². The molecule has 0 heterocycles. The molecule has 0 saturated carbocycles. The van der Waals surface area contributed by atoms with Crippen molar-refractivity contribution in [3.05, 3.63) is 40.1 Å². The van der Waals surface area contributed by atoms with E-state index < -0.39 is 11.8 Å². The fourth-order valence-electron chi connectivity index (χ4n) is 1.02. The van der Waals surface area contributed by atoms with Crippen molar-refractivity contribution in [2.45, 2.75) is 6.92 Å². The lowest BCUT2D eigenvalue weighted by atomic mass is 10.3. The first-order valence-corrected chi connectivity index (χ1v) is 5.26. The van der Waals surface area contributed by atoms with E-state index in [0.717, 1.165) is 6.08 Å². The minimum Gasteiger partial charge on any atom is -0.489 e. The smallest absolute Gasteiger partial charge is 0.328 e. The molecule has 0 fully saturated rings. The Morgan fingerprint density at radius 2 is 2.31 bits per heavy atom. The molecule has 1 rings (SSSR count). The fraction of sp³-hybridized carbons (Fsp3) is 0.182. The minimum atomic E-state index is -1.02. The average Bonchev–Trinajstić information content (AvgIpc) is 2.19. The van der Waals surface area contributed by atoms with Gasteiger partial charge in [0.1, 0.15) is 18.2 Å². The Hall–Kier alpha value is -1.36. The van der Waals surface area contributed by atoms with Crippen molar-refractivity contribution >= 4 is 21.9 Å². The molecule has 0 amide bonds. The summed E-state index contributed by atoms with van der Waals surface area (Å²) in [7, 11) is 0. The van der Waals surface area contributed by atoms with E-state index in [0.29, 0.717) is 15.8 Å². The average molecular weight is 289 g/mol. The topological polar surface area (TPSA) is 46.5 Å². The highest BCUT2D eigenvalue weighted by Gasteiger charge is 2.02. The van der Waals surface area contributed by atoms with Gasteiger partial charge in [-0.2, -0.15) is 0 Å². The van der Waals surface area contributed by atoms with Crippen LogP contribution in [-0.2, 0) is 4.79 Å². The van der Waals surface area contributed by atoms with Crippen LogP contribution < -0.4 is 4.74 Å². The van der Waals surface area contributed by atoms with E-state index in [4.69, 9.17) is 9.84 Å². The van der Waals surface area contributed by atoms with Crippen LogP contribution >= 0.6 is 15.9 Å². The van der Waals surface area contributed by atoms with Crippen molar-refractivity contribution in [2.24, 2.45) is 0 Å². The molecule has 86 valence electrons. The predicted octanol–water partition coefficient (Wildman–Crippen LogP) is 3.00.